The zero-order valence-corrected chi connectivity index (χ0v) is 14.2. The molecule has 0 aliphatic carbocycles. The zero-order chi connectivity index (χ0) is 16.0. The predicted octanol–water partition coefficient (Wildman–Crippen LogP) is 2.92. The number of aryl methyl sites for hydroxylation is 1. The first kappa shape index (κ1) is 14.9. The maximum atomic E-state index is 12.6. The number of aromatic nitrogens is 1. The lowest BCUT2D eigenvalue weighted by Crippen LogP contribution is -2.62. The van der Waals surface area contributed by atoms with Crippen LogP contribution in [0, 0.1) is 12.8 Å². The molecule has 3 saturated heterocycles. The SMILES string of the molecule is Cc1coc(-c2ccc(C(=O)N[C@@H]3C4CCN(CC4)[C@H]3C)s2)n1. The van der Waals surface area contributed by atoms with Crippen molar-refractivity contribution in [2.75, 3.05) is 13.1 Å². The highest BCUT2D eigenvalue weighted by molar-refractivity contribution is 7.17. The van der Waals surface area contributed by atoms with E-state index in [1.807, 2.05) is 19.1 Å². The van der Waals surface area contributed by atoms with Crippen molar-refractivity contribution in [3.05, 3.63) is 29.0 Å². The summed E-state index contributed by atoms with van der Waals surface area (Å²) in [6.07, 6.45) is 4.02. The third-order valence-corrected chi connectivity index (χ3v) is 6.21. The van der Waals surface area contributed by atoms with Gasteiger partial charge in [0.2, 0.25) is 5.89 Å². The normalized spacial score (nSPS) is 29.7. The van der Waals surface area contributed by atoms with Crippen molar-refractivity contribution in [2.24, 2.45) is 5.92 Å². The van der Waals surface area contributed by atoms with Crippen LogP contribution in [0.15, 0.2) is 22.8 Å². The molecule has 0 spiro atoms. The number of carbonyl (C=O) groups is 1. The first-order valence-corrected chi connectivity index (χ1v) is 9.01. The summed E-state index contributed by atoms with van der Waals surface area (Å²) >= 11 is 1.44. The van der Waals surface area contributed by atoms with Gasteiger partial charge >= 0.3 is 0 Å². The fourth-order valence-corrected chi connectivity index (χ4v) is 4.65. The molecule has 0 saturated carbocycles. The quantitative estimate of drug-likeness (QED) is 0.939. The Morgan fingerprint density at radius 2 is 2.17 bits per heavy atom. The van der Waals surface area contributed by atoms with E-state index in [0.29, 0.717) is 17.9 Å². The van der Waals surface area contributed by atoms with Gasteiger partial charge < -0.3 is 9.73 Å². The minimum atomic E-state index is 0.0233. The van der Waals surface area contributed by atoms with Gasteiger partial charge in [-0.3, -0.25) is 9.69 Å². The number of oxazole rings is 1. The summed E-state index contributed by atoms with van der Waals surface area (Å²) in [5.41, 5.74) is 0.848. The molecule has 23 heavy (non-hydrogen) atoms. The summed E-state index contributed by atoms with van der Waals surface area (Å²) in [4.78, 5) is 21.0. The molecule has 122 valence electrons. The molecular formula is C17H21N3O2S. The number of fused-ring (bicyclic) bond motifs is 3. The number of hydrogen-bond acceptors (Lipinski definition) is 5. The lowest BCUT2D eigenvalue weighted by atomic mass is 9.79. The van der Waals surface area contributed by atoms with E-state index in [4.69, 9.17) is 4.42 Å². The van der Waals surface area contributed by atoms with E-state index < -0.39 is 0 Å². The minimum absolute atomic E-state index is 0.0233. The van der Waals surface area contributed by atoms with Crippen LogP contribution in [0.2, 0.25) is 0 Å². The van der Waals surface area contributed by atoms with Crippen LogP contribution in [-0.2, 0) is 0 Å². The van der Waals surface area contributed by atoms with Gasteiger partial charge in [0.1, 0.15) is 6.26 Å². The van der Waals surface area contributed by atoms with E-state index in [1.165, 1.54) is 37.3 Å². The molecule has 0 unspecified atom stereocenters. The smallest absolute Gasteiger partial charge is 0.261 e. The number of nitrogens with zero attached hydrogens (tertiary/aromatic N) is 2. The number of rotatable bonds is 3. The lowest BCUT2D eigenvalue weighted by Gasteiger charge is -2.49. The fourth-order valence-electron chi connectivity index (χ4n) is 3.81. The number of piperidine rings is 3. The number of carbonyl (C=O) groups excluding carboxylic acids is 1. The molecule has 0 radical (unpaired) electrons. The predicted molar refractivity (Wildman–Crippen MR) is 89.6 cm³/mol. The van der Waals surface area contributed by atoms with Crippen molar-refractivity contribution in [1.29, 1.82) is 0 Å². The van der Waals surface area contributed by atoms with Crippen LogP contribution < -0.4 is 5.32 Å². The molecule has 2 bridgehead atoms. The number of amides is 1. The standard InChI is InChI=1S/C17H21N3O2S/c1-10-9-22-17(18-10)14-4-3-13(23-14)16(21)19-15-11(2)20-7-5-12(15)6-8-20/h3-4,9,11-12,15H,5-8H2,1-2H3,(H,19,21)/t11-,15-/m0/s1. The third kappa shape index (κ3) is 2.70. The number of hydrogen-bond donors (Lipinski definition) is 1. The average molecular weight is 331 g/mol. The second-order valence-electron chi connectivity index (χ2n) is 6.57. The Hall–Kier alpha value is -1.66. The van der Waals surface area contributed by atoms with Crippen molar-refractivity contribution in [3.63, 3.8) is 0 Å². The Balaban J connectivity index is 1.48. The highest BCUT2D eigenvalue weighted by Crippen LogP contribution is 2.33. The van der Waals surface area contributed by atoms with Gasteiger partial charge in [-0.2, -0.15) is 0 Å². The van der Waals surface area contributed by atoms with Gasteiger partial charge in [0.25, 0.3) is 5.91 Å². The molecule has 5 rings (SSSR count). The molecule has 2 aromatic rings. The van der Waals surface area contributed by atoms with Crippen LogP contribution in [0.4, 0.5) is 0 Å². The van der Waals surface area contributed by atoms with Crippen molar-refractivity contribution < 1.29 is 9.21 Å². The summed E-state index contributed by atoms with van der Waals surface area (Å²) in [5.74, 6) is 1.23. The molecule has 1 amide bonds. The van der Waals surface area contributed by atoms with Crippen molar-refractivity contribution in [1.82, 2.24) is 15.2 Å². The molecule has 2 aromatic heterocycles. The molecule has 3 aliphatic heterocycles. The molecule has 3 fully saturated rings. The summed E-state index contributed by atoms with van der Waals surface area (Å²) in [6.45, 7) is 6.46. The fraction of sp³-hybridized carbons (Fsp3) is 0.529. The average Bonchev–Trinajstić information content (AvgIpc) is 3.20. The molecular weight excluding hydrogens is 310 g/mol. The van der Waals surface area contributed by atoms with E-state index in [2.05, 4.69) is 22.1 Å². The molecule has 6 heteroatoms. The highest BCUT2D eigenvalue weighted by Gasteiger charge is 2.40. The Morgan fingerprint density at radius 3 is 2.83 bits per heavy atom. The maximum Gasteiger partial charge on any atom is 0.261 e. The first-order valence-electron chi connectivity index (χ1n) is 8.19. The van der Waals surface area contributed by atoms with Crippen molar-refractivity contribution in [2.45, 2.75) is 38.8 Å². The van der Waals surface area contributed by atoms with E-state index in [1.54, 1.807) is 6.26 Å². The molecule has 2 atom stereocenters. The van der Waals surface area contributed by atoms with Gasteiger partial charge in [-0.1, -0.05) is 0 Å². The highest BCUT2D eigenvalue weighted by atomic mass is 32.1. The Morgan fingerprint density at radius 1 is 1.39 bits per heavy atom. The second-order valence-corrected chi connectivity index (χ2v) is 7.65. The molecule has 5 heterocycles. The van der Waals surface area contributed by atoms with Crippen LogP contribution >= 0.6 is 11.3 Å². The van der Waals surface area contributed by atoms with Gasteiger partial charge in [0.15, 0.2) is 0 Å². The van der Waals surface area contributed by atoms with Gasteiger partial charge in [-0.25, -0.2) is 4.98 Å². The molecule has 5 nitrogen and oxygen atoms in total. The van der Waals surface area contributed by atoms with Gasteiger partial charge in [-0.05, 0) is 57.8 Å². The van der Waals surface area contributed by atoms with Crippen LogP contribution in [0.5, 0.6) is 0 Å². The van der Waals surface area contributed by atoms with E-state index >= 15 is 0 Å². The summed E-state index contributed by atoms with van der Waals surface area (Å²) < 4.78 is 5.41. The van der Waals surface area contributed by atoms with E-state index in [9.17, 15) is 4.79 Å². The molecule has 1 N–H and O–H groups in total. The minimum Gasteiger partial charge on any atom is -0.444 e. The summed E-state index contributed by atoms with van der Waals surface area (Å²) in [5, 5.41) is 3.27. The third-order valence-electron chi connectivity index (χ3n) is 5.14. The van der Waals surface area contributed by atoms with Gasteiger partial charge in [0.05, 0.1) is 15.4 Å². The monoisotopic (exact) mass is 331 g/mol. The van der Waals surface area contributed by atoms with E-state index in [-0.39, 0.29) is 11.9 Å². The topological polar surface area (TPSA) is 58.4 Å². The van der Waals surface area contributed by atoms with Crippen LogP contribution in [0.3, 0.4) is 0 Å². The molecule has 0 aromatic carbocycles. The maximum absolute atomic E-state index is 12.6. The number of nitrogens with one attached hydrogen (secondary N) is 1. The van der Waals surface area contributed by atoms with Gasteiger partial charge in [0, 0.05) is 12.1 Å². The molecule has 3 aliphatic rings. The van der Waals surface area contributed by atoms with Crippen LogP contribution in [-0.4, -0.2) is 41.0 Å². The van der Waals surface area contributed by atoms with E-state index in [0.717, 1.165) is 15.4 Å². The van der Waals surface area contributed by atoms with Crippen LogP contribution in [0.25, 0.3) is 10.8 Å². The largest absolute Gasteiger partial charge is 0.444 e. The Kier molecular flexibility index (Phi) is 3.73. The van der Waals surface area contributed by atoms with Crippen LogP contribution in [0.1, 0.15) is 35.1 Å². The summed E-state index contributed by atoms with van der Waals surface area (Å²) in [6, 6.07) is 4.46. The Bertz CT molecular complexity index is 713. The first-order chi connectivity index (χ1) is 11.1. The number of thiophene rings is 1. The van der Waals surface area contributed by atoms with Crippen molar-refractivity contribution >= 4 is 17.2 Å². The van der Waals surface area contributed by atoms with Crippen molar-refractivity contribution in [3.8, 4) is 10.8 Å². The lowest BCUT2D eigenvalue weighted by molar-refractivity contribution is 0.0218. The zero-order valence-electron chi connectivity index (χ0n) is 13.4. The Labute approximate surface area is 139 Å². The summed E-state index contributed by atoms with van der Waals surface area (Å²) in [7, 11) is 0. The second kappa shape index (κ2) is 5.76. The van der Waals surface area contributed by atoms with Gasteiger partial charge in [-0.15, -0.1) is 11.3 Å².